The van der Waals surface area contributed by atoms with Crippen LogP contribution >= 0.6 is 0 Å². The molecule has 3 atom stereocenters. The van der Waals surface area contributed by atoms with E-state index in [9.17, 15) is 15.0 Å². The molecule has 0 aliphatic carbocycles. The number of phenols is 2. The summed E-state index contributed by atoms with van der Waals surface area (Å²) >= 11 is 0. The molecule has 160 valence electrons. The summed E-state index contributed by atoms with van der Waals surface area (Å²) in [6, 6.07) is 4.54. The zero-order chi connectivity index (χ0) is 21.3. The predicted octanol–water partition coefficient (Wildman–Crippen LogP) is 2.55. The van der Waals surface area contributed by atoms with E-state index in [4.69, 9.17) is 9.47 Å². The smallest absolute Gasteiger partial charge is 0.235 e. The zero-order valence-electron chi connectivity index (χ0n) is 17.1. The standard InChI is InChI=1S/C23H23N3O5/c1-25-9-12(6-19-22(29)21-17(28)7-13(27)8-18(21)31-19)20-16(4-5-24-23(20)25)26-10-14-2-3-15(11-26)30-14/h4-8,12,14-15,27-28H,2-3,9-11H2,1H3/b19-6-. The summed E-state index contributed by atoms with van der Waals surface area (Å²) in [6.45, 7) is 2.38. The van der Waals surface area contributed by atoms with E-state index in [2.05, 4.69) is 14.8 Å². The van der Waals surface area contributed by atoms with Gasteiger partial charge in [0, 0.05) is 62.2 Å². The first-order chi connectivity index (χ1) is 15.0. The first-order valence-corrected chi connectivity index (χ1v) is 10.6. The number of pyridine rings is 1. The number of ketones is 1. The first-order valence-electron chi connectivity index (χ1n) is 10.6. The normalized spacial score (nSPS) is 27.6. The number of aromatic hydroxyl groups is 2. The predicted molar refractivity (Wildman–Crippen MR) is 113 cm³/mol. The van der Waals surface area contributed by atoms with Gasteiger partial charge in [-0.1, -0.05) is 0 Å². The van der Waals surface area contributed by atoms with E-state index < -0.39 is 0 Å². The highest BCUT2D eigenvalue weighted by atomic mass is 16.5. The van der Waals surface area contributed by atoms with Gasteiger partial charge in [0.15, 0.2) is 5.76 Å². The topological polar surface area (TPSA) is 95.4 Å². The van der Waals surface area contributed by atoms with E-state index in [0.717, 1.165) is 49.1 Å². The van der Waals surface area contributed by atoms with Crippen molar-refractivity contribution >= 4 is 17.3 Å². The first kappa shape index (κ1) is 18.5. The van der Waals surface area contributed by atoms with Crippen molar-refractivity contribution < 1.29 is 24.5 Å². The molecule has 0 amide bonds. The Morgan fingerprint density at radius 2 is 1.94 bits per heavy atom. The van der Waals surface area contributed by atoms with Gasteiger partial charge in [0.2, 0.25) is 5.78 Å². The van der Waals surface area contributed by atoms with Gasteiger partial charge in [0.1, 0.15) is 28.6 Å². The van der Waals surface area contributed by atoms with Crippen molar-refractivity contribution in [2.75, 3.05) is 36.5 Å². The summed E-state index contributed by atoms with van der Waals surface area (Å²) in [4.78, 5) is 22.0. The quantitative estimate of drug-likeness (QED) is 0.715. The molecular formula is C23H23N3O5. The van der Waals surface area contributed by atoms with Crippen LogP contribution in [0.1, 0.15) is 34.7 Å². The Balaban J connectivity index is 1.38. The Kier molecular flexibility index (Phi) is 3.95. The molecule has 8 nitrogen and oxygen atoms in total. The average molecular weight is 421 g/mol. The minimum Gasteiger partial charge on any atom is -0.508 e. The minimum absolute atomic E-state index is 0.0896. The second-order valence-electron chi connectivity index (χ2n) is 8.72. The molecule has 1 aromatic carbocycles. The maximum Gasteiger partial charge on any atom is 0.235 e. The number of morpholine rings is 1. The molecule has 2 bridgehead atoms. The van der Waals surface area contributed by atoms with E-state index >= 15 is 0 Å². The number of rotatable bonds is 2. The summed E-state index contributed by atoms with van der Waals surface area (Å²) < 4.78 is 11.7. The number of phenolic OH excluding ortho intramolecular Hbond substituents is 2. The van der Waals surface area contributed by atoms with E-state index in [0.29, 0.717) is 6.54 Å². The number of anilines is 2. The number of nitrogens with zero attached hydrogens (tertiary/aromatic N) is 3. The van der Waals surface area contributed by atoms with Gasteiger partial charge in [-0.25, -0.2) is 4.98 Å². The Hall–Kier alpha value is -3.26. The Morgan fingerprint density at radius 1 is 1.16 bits per heavy atom. The van der Waals surface area contributed by atoms with Gasteiger partial charge < -0.3 is 29.5 Å². The number of benzene rings is 1. The molecule has 6 rings (SSSR count). The van der Waals surface area contributed by atoms with Crippen LogP contribution in [0.2, 0.25) is 0 Å². The molecule has 2 N–H and O–H groups in total. The second kappa shape index (κ2) is 6.62. The molecule has 5 heterocycles. The van der Waals surface area contributed by atoms with Crippen molar-refractivity contribution in [3.8, 4) is 17.2 Å². The highest BCUT2D eigenvalue weighted by Gasteiger charge is 2.39. The number of allylic oxidation sites excluding steroid dienone is 1. The molecule has 2 aromatic rings. The third kappa shape index (κ3) is 2.85. The summed E-state index contributed by atoms with van der Waals surface area (Å²) in [7, 11) is 1.99. The van der Waals surface area contributed by atoms with E-state index in [-0.39, 0.29) is 52.5 Å². The fraction of sp³-hybridized carbons (Fsp3) is 0.391. The maximum absolute atomic E-state index is 12.9. The third-order valence-electron chi connectivity index (χ3n) is 6.62. The number of ether oxygens (including phenoxy) is 2. The van der Waals surface area contributed by atoms with E-state index in [1.807, 2.05) is 25.4 Å². The van der Waals surface area contributed by atoms with Crippen molar-refractivity contribution in [1.29, 1.82) is 0 Å². The van der Waals surface area contributed by atoms with Crippen molar-refractivity contribution in [2.45, 2.75) is 31.0 Å². The van der Waals surface area contributed by atoms with Crippen LogP contribution in [0.3, 0.4) is 0 Å². The lowest BCUT2D eigenvalue weighted by Gasteiger charge is -2.35. The molecule has 0 spiro atoms. The number of aromatic nitrogens is 1. The van der Waals surface area contributed by atoms with Crippen LogP contribution in [-0.2, 0) is 4.74 Å². The van der Waals surface area contributed by atoms with Crippen molar-refractivity contribution in [3.63, 3.8) is 0 Å². The number of carbonyl (C=O) groups excluding carboxylic acids is 1. The highest BCUT2D eigenvalue weighted by molar-refractivity contribution is 6.14. The highest BCUT2D eigenvalue weighted by Crippen LogP contribution is 2.45. The van der Waals surface area contributed by atoms with E-state index in [1.165, 1.54) is 6.07 Å². The van der Waals surface area contributed by atoms with Gasteiger partial charge in [0.25, 0.3) is 0 Å². The number of Topliss-reactive ketones (excluding diaryl/α,β-unsaturated/α-hetero) is 1. The average Bonchev–Trinajstić information content (AvgIpc) is 3.35. The molecule has 1 aromatic heterocycles. The van der Waals surface area contributed by atoms with Crippen LogP contribution in [-0.4, -0.2) is 59.9 Å². The van der Waals surface area contributed by atoms with E-state index in [1.54, 1.807) is 0 Å². The van der Waals surface area contributed by atoms with Gasteiger partial charge in [-0.2, -0.15) is 0 Å². The molecular weight excluding hydrogens is 398 g/mol. The molecule has 0 saturated carbocycles. The molecule has 3 unspecified atom stereocenters. The summed E-state index contributed by atoms with van der Waals surface area (Å²) in [5.41, 5.74) is 2.30. The number of carbonyl (C=O) groups is 1. The van der Waals surface area contributed by atoms with Crippen molar-refractivity contribution in [1.82, 2.24) is 4.98 Å². The van der Waals surface area contributed by atoms with Crippen LogP contribution in [0.4, 0.5) is 11.5 Å². The van der Waals surface area contributed by atoms with Gasteiger partial charge >= 0.3 is 0 Å². The third-order valence-corrected chi connectivity index (χ3v) is 6.62. The number of likely N-dealkylation sites (N-methyl/N-ethyl adjacent to an activating group) is 1. The second-order valence-corrected chi connectivity index (χ2v) is 8.72. The Labute approximate surface area is 179 Å². The fourth-order valence-corrected chi connectivity index (χ4v) is 5.28. The van der Waals surface area contributed by atoms with Crippen LogP contribution < -0.4 is 14.5 Å². The monoisotopic (exact) mass is 421 g/mol. The lowest BCUT2D eigenvalue weighted by molar-refractivity contribution is 0.0304. The number of hydrogen-bond donors (Lipinski definition) is 2. The van der Waals surface area contributed by atoms with Gasteiger partial charge in [-0.05, 0) is 25.0 Å². The molecule has 4 aliphatic heterocycles. The van der Waals surface area contributed by atoms with Crippen LogP contribution in [0.15, 0.2) is 36.2 Å². The summed E-state index contributed by atoms with van der Waals surface area (Å²) in [5, 5.41) is 19.8. The maximum atomic E-state index is 12.9. The number of fused-ring (bicyclic) bond motifs is 4. The lowest BCUT2D eigenvalue weighted by atomic mass is 9.98. The molecule has 0 radical (unpaired) electrons. The van der Waals surface area contributed by atoms with Crippen LogP contribution in [0.25, 0.3) is 0 Å². The molecule has 8 heteroatoms. The zero-order valence-corrected chi connectivity index (χ0v) is 17.1. The van der Waals surface area contributed by atoms with Gasteiger partial charge in [0.05, 0.1) is 12.2 Å². The van der Waals surface area contributed by atoms with Gasteiger partial charge in [-0.3, -0.25) is 4.79 Å². The Morgan fingerprint density at radius 3 is 2.71 bits per heavy atom. The molecule has 4 aliphatic rings. The lowest BCUT2D eigenvalue weighted by Crippen LogP contribution is -2.43. The SMILES string of the molecule is CN1CC(/C=C2\Oc3cc(O)cc(O)c3C2=O)c2c(N3CC4CCC(C3)O4)ccnc21. The Bertz CT molecular complexity index is 1120. The summed E-state index contributed by atoms with van der Waals surface area (Å²) in [6.07, 6.45) is 6.39. The fourth-order valence-electron chi connectivity index (χ4n) is 5.28. The molecule has 31 heavy (non-hydrogen) atoms. The van der Waals surface area contributed by atoms with Crippen LogP contribution in [0, 0.1) is 0 Å². The molecule has 2 saturated heterocycles. The number of hydrogen-bond acceptors (Lipinski definition) is 8. The van der Waals surface area contributed by atoms with Crippen LogP contribution in [0.5, 0.6) is 17.2 Å². The minimum atomic E-state index is -0.376. The van der Waals surface area contributed by atoms with Crippen molar-refractivity contribution in [3.05, 3.63) is 47.4 Å². The van der Waals surface area contributed by atoms with Gasteiger partial charge in [-0.15, -0.1) is 0 Å². The largest absolute Gasteiger partial charge is 0.508 e. The molecule has 2 fully saturated rings. The van der Waals surface area contributed by atoms with Crippen molar-refractivity contribution in [2.24, 2.45) is 0 Å². The summed E-state index contributed by atoms with van der Waals surface area (Å²) in [5.74, 6) is 0.354.